The molecular formula is C10H12FN2. The molecule has 0 N–H and O–H groups in total. The fourth-order valence-corrected chi connectivity index (χ4v) is 1.76. The second-order valence-electron chi connectivity index (χ2n) is 4.21. The molecule has 0 unspecified atom stereocenters. The van der Waals surface area contributed by atoms with Gasteiger partial charge in [-0.05, 0) is 31.6 Å². The fourth-order valence-electron chi connectivity index (χ4n) is 1.76. The molecular weight excluding hydrogens is 167 g/mol. The summed E-state index contributed by atoms with van der Waals surface area (Å²) in [5, 5.41) is 3.97. The van der Waals surface area contributed by atoms with E-state index in [1.54, 1.807) is 0 Å². The number of halogens is 1. The van der Waals surface area contributed by atoms with E-state index in [0.717, 1.165) is 31.0 Å². The first-order valence-electron chi connectivity index (χ1n) is 4.98. The molecule has 2 aliphatic rings. The smallest absolute Gasteiger partial charge is 0.174 e. The minimum absolute atomic E-state index is 0.219. The Morgan fingerprint density at radius 3 is 2.77 bits per heavy atom. The molecule has 1 aromatic heterocycles. The first-order chi connectivity index (χ1) is 6.34. The summed E-state index contributed by atoms with van der Waals surface area (Å²) >= 11 is 0. The quantitative estimate of drug-likeness (QED) is 0.694. The van der Waals surface area contributed by atoms with Gasteiger partial charge in [-0.15, -0.1) is 0 Å². The highest BCUT2D eigenvalue weighted by Crippen LogP contribution is 2.42. The summed E-state index contributed by atoms with van der Waals surface area (Å²) < 4.78 is 15.1. The van der Waals surface area contributed by atoms with Gasteiger partial charge in [-0.2, -0.15) is 5.10 Å². The van der Waals surface area contributed by atoms with Gasteiger partial charge in [0.1, 0.15) is 0 Å². The summed E-state index contributed by atoms with van der Waals surface area (Å²) in [6, 6.07) is 0. The van der Waals surface area contributed by atoms with Crippen LogP contribution in [0.5, 0.6) is 0 Å². The molecule has 2 nitrogen and oxygen atoms in total. The van der Waals surface area contributed by atoms with Crippen molar-refractivity contribution in [3.8, 4) is 0 Å². The molecule has 3 rings (SSSR count). The number of nitrogens with zero attached hydrogens (tertiary/aromatic N) is 2. The van der Waals surface area contributed by atoms with Crippen molar-refractivity contribution in [3.05, 3.63) is 17.7 Å². The molecule has 0 bridgehead atoms. The van der Waals surface area contributed by atoms with E-state index in [0.29, 0.717) is 5.92 Å². The van der Waals surface area contributed by atoms with Crippen LogP contribution in [0.3, 0.4) is 0 Å². The highest BCUT2D eigenvalue weighted by Gasteiger charge is 2.32. The predicted octanol–water partition coefficient (Wildman–Crippen LogP) is 2.11. The van der Waals surface area contributed by atoms with Crippen LogP contribution in [-0.4, -0.2) is 9.78 Å². The zero-order chi connectivity index (χ0) is 8.84. The minimum atomic E-state index is -0.219. The van der Waals surface area contributed by atoms with Crippen molar-refractivity contribution >= 4 is 0 Å². The first-order valence-corrected chi connectivity index (χ1v) is 4.98. The molecule has 69 valence electrons. The van der Waals surface area contributed by atoms with Gasteiger partial charge >= 0.3 is 0 Å². The zero-order valence-electron chi connectivity index (χ0n) is 7.46. The van der Waals surface area contributed by atoms with Crippen LogP contribution in [0, 0.1) is 17.9 Å². The summed E-state index contributed by atoms with van der Waals surface area (Å²) in [6.07, 6.45) is 7.26. The normalized spacial score (nSPS) is 22.2. The molecule has 0 atom stereocenters. The molecule has 2 saturated carbocycles. The maximum Gasteiger partial charge on any atom is 0.174 e. The average Bonchev–Trinajstić information content (AvgIpc) is 2.95. The first kappa shape index (κ1) is 7.54. The molecule has 0 aliphatic heterocycles. The Morgan fingerprint density at radius 2 is 2.15 bits per heavy atom. The van der Waals surface area contributed by atoms with Gasteiger partial charge < -0.3 is 0 Å². The molecule has 3 heteroatoms. The van der Waals surface area contributed by atoms with E-state index in [4.69, 9.17) is 0 Å². The van der Waals surface area contributed by atoms with Gasteiger partial charge in [0.15, 0.2) is 12.0 Å². The largest absolute Gasteiger partial charge is 0.265 e. The van der Waals surface area contributed by atoms with Crippen LogP contribution in [0.25, 0.3) is 0 Å². The summed E-state index contributed by atoms with van der Waals surface area (Å²) in [4.78, 5) is 0. The summed E-state index contributed by atoms with van der Waals surface area (Å²) in [5.74, 6) is 0.978. The zero-order valence-corrected chi connectivity index (χ0v) is 7.46. The van der Waals surface area contributed by atoms with Gasteiger partial charge in [-0.25, -0.2) is 4.39 Å². The molecule has 0 saturated heterocycles. The minimum Gasteiger partial charge on any atom is -0.265 e. The maximum absolute atomic E-state index is 13.2. The van der Waals surface area contributed by atoms with E-state index in [1.807, 2.05) is 4.68 Å². The molecule has 1 heterocycles. The third-order valence-corrected chi connectivity index (χ3v) is 2.86. The highest BCUT2D eigenvalue weighted by atomic mass is 19.1. The Balaban J connectivity index is 1.88. The number of hydrogen-bond donors (Lipinski definition) is 0. The standard InChI is InChI=1S/C10H12FN2/c11-9-5-12-13(6-7-1-2-7)10(9)8-3-4-8/h7-8H,1-4,6H2. The number of hydrogen-bond acceptors (Lipinski definition) is 1. The predicted molar refractivity (Wildman–Crippen MR) is 45.7 cm³/mol. The molecule has 2 fully saturated rings. The monoisotopic (exact) mass is 179 g/mol. The second kappa shape index (κ2) is 2.56. The van der Waals surface area contributed by atoms with Crippen molar-refractivity contribution in [2.24, 2.45) is 5.92 Å². The Labute approximate surface area is 76.7 Å². The van der Waals surface area contributed by atoms with Gasteiger partial charge in [0.2, 0.25) is 0 Å². The second-order valence-corrected chi connectivity index (χ2v) is 4.21. The van der Waals surface area contributed by atoms with E-state index < -0.39 is 0 Å². The van der Waals surface area contributed by atoms with Gasteiger partial charge in [-0.1, -0.05) is 0 Å². The molecule has 1 radical (unpaired) electrons. The third kappa shape index (κ3) is 1.36. The number of aromatic nitrogens is 2. The topological polar surface area (TPSA) is 17.8 Å². The number of rotatable bonds is 3. The van der Waals surface area contributed by atoms with Crippen LogP contribution in [0.15, 0.2) is 0 Å². The van der Waals surface area contributed by atoms with E-state index in [2.05, 4.69) is 11.3 Å². The van der Waals surface area contributed by atoms with Crippen molar-refractivity contribution in [3.63, 3.8) is 0 Å². The Bertz CT molecular complexity index is 324. The van der Waals surface area contributed by atoms with Crippen molar-refractivity contribution in [1.29, 1.82) is 0 Å². The van der Waals surface area contributed by atoms with Crippen LogP contribution in [0.1, 0.15) is 37.3 Å². The lowest BCUT2D eigenvalue weighted by molar-refractivity contribution is 0.525. The molecule has 1 aromatic rings. The highest BCUT2D eigenvalue weighted by molar-refractivity contribution is 5.15. The van der Waals surface area contributed by atoms with Crippen LogP contribution in [0.2, 0.25) is 0 Å². The van der Waals surface area contributed by atoms with Crippen LogP contribution in [0.4, 0.5) is 4.39 Å². The van der Waals surface area contributed by atoms with E-state index >= 15 is 0 Å². The van der Waals surface area contributed by atoms with E-state index in [1.165, 1.54) is 12.8 Å². The van der Waals surface area contributed by atoms with E-state index in [9.17, 15) is 4.39 Å². The Hall–Kier alpha value is -0.860. The van der Waals surface area contributed by atoms with Crippen LogP contribution >= 0.6 is 0 Å². The van der Waals surface area contributed by atoms with Crippen molar-refractivity contribution in [2.45, 2.75) is 38.1 Å². The molecule has 2 aliphatic carbocycles. The van der Waals surface area contributed by atoms with Crippen molar-refractivity contribution in [1.82, 2.24) is 9.78 Å². The lowest BCUT2D eigenvalue weighted by atomic mass is 10.3. The summed E-state index contributed by atoms with van der Waals surface area (Å²) in [6.45, 7) is 0.909. The lowest BCUT2D eigenvalue weighted by Crippen LogP contribution is -2.06. The summed E-state index contributed by atoms with van der Waals surface area (Å²) in [7, 11) is 0. The molecule has 0 amide bonds. The SMILES string of the molecule is Fc1[c]nn(CC2CC2)c1C1CC1. The molecule has 0 spiro atoms. The van der Waals surface area contributed by atoms with Gasteiger partial charge in [0, 0.05) is 12.5 Å². The average molecular weight is 179 g/mol. The van der Waals surface area contributed by atoms with Crippen molar-refractivity contribution in [2.75, 3.05) is 0 Å². The fraction of sp³-hybridized carbons (Fsp3) is 0.700. The molecule has 13 heavy (non-hydrogen) atoms. The van der Waals surface area contributed by atoms with E-state index in [-0.39, 0.29) is 5.82 Å². The Morgan fingerprint density at radius 1 is 1.38 bits per heavy atom. The van der Waals surface area contributed by atoms with Gasteiger partial charge in [0.05, 0.1) is 5.69 Å². The van der Waals surface area contributed by atoms with Gasteiger partial charge in [0.25, 0.3) is 0 Å². The lowest BCUT2D eigenvalue weighted by Gasteiger charge is -2.04. The Kier molecular flexibility index (Phi) is 1.49. The maximum atomic E-state index is 13.2. The van der Waals surface area contributed by atoms with Crippen molar-refractivity contribution < 1.29 is 4.39 Å². The summed E-state index contributed by atoms with van der Waals surface area (Å²) in [5.41, 5.74) is 0.812. The van der Waals surface area contributed by atoms with Crippen LogP contribution < -0.4 is 0 Å². The van der Waals surface area contributed by atoms with Crippen LogP contribution in [-0.2, 0) is 6.54 Å². The third-order valence-electron chi connectivity index (χ3n) is 2.86. The molecule has 0 aromatic carbocycles. The van der Waals surface area contributed by atoms with Gasteiger partial charge in [-0.3, -0.25) is 4.68 Å².